The van der Waals surface area contributed by atoms with Crippen LogP contribution in [0.15, 0.2) is 36.5 Å². The van der Waals surface area contributed by atoms with E-state index in [-0.39, 0.29) is 36.2 Å². The fourth-order valence-electron chi connectivity index (χ4n) is 3.22. The number of carbonyl (C=O) groups is 5. The first-order valence-corrected chi connectivity index (χ1v) is 22.2. The summed E-state index contributed by atoms with van der Waals surface area (Å²) < 4.78 is 36.3. The average Bonchev–Trinajstić information content (AvgIpc) is 2.97. The first-order valence-electron chi connectivity index (χ1n) is 15.1. The highest BCUT2D eigenvalue weighted by Gasteiger charge is 2.39. The van der Waals surface area contributed by atoms with Crippen molar-refractivity contribution >= 4 is 77.7 Å². The zero-order chi connectivity index (χ0) is 39.2. The Balaban J connectivity index is -0.000000325. The van der Waals surface area contributed by atoms with Crippen molar-refractivity contribution in [2.45, 2.75) is 78.9 Å². The number of Topliss-reactive ketones (excluding diaryl/α,β-unsaturated/α-hetero) is 1. The van der Waals surface area contributed by atoms with Gasteiger partial charge in [0, 0.05) is 57.4 Å². The molecule has 2 atom stereocenters. The first kappa shape index (κ1) is 55.0. The molecule has 292 valence electrons. The Morgan fingerprint density at radius 2 is 1.18 bits per heavy atom. The number of quaternary nitrogens is 1. The van der Waals surface area contributed by atoms with Crippen LogP contribution in [0.25, 0.3) is 0 Å². The van der Waals surface area contributed by atoms with Crippen molar-refractivity contribution in [1.82, 2.24) is 0 Å². The zero-order valence-corrected chi connectivity index (χ0v) is 36.1. The van der Waals surface area contributed by atoms with Gasteiger partial charge in [0.05, 0.1) is 20.6 Å². The Kier molecular flexibility index (Phi) is 30.6. The van der Waals surface area contributed by atoms with Crippen molar-refractivity contribution in [3.05, 3.63) is 36.5 Å². The second kappa shape index (κ2) is 27.8. The molecule has 0 fully saturated rings. The third-order valence-electron chi connectivity index (χ3n) is 6.10. The fourth-order valence-corrected chi connectivity index (χ4v) is 7.41. The third-order valence-corrected chi connectivity index (χ3v) is 12.4. The predicted molar refractivity (Wildman–Crippen MR) is 194 cm³/mol. The van der Waals surface area contributed by atoms with E-state index in [2.05, 4.69) is 43.3 Å². The second-order valence-corrected chi connectivity index (χ2v) is 23.4. The van der Waals surface area contributed by atoms with Gasteiger partial charge in [-0.05, 0) is 34.1 Å². The van der Waals surface area contributed by atoms with Crippen LogP contribution in [0.2, 0.25) is 6.04 Å². The molecule has 0 amide bonds. The predicted octanol–water partition coefficient (Wildman–Crippen LogP) is 2.51. The summed E-state index contributed by atoms with van der Waals surface area (Å²) in [4.78, 5) is 54.9. The number of likely N-dealkylation sites (N-methyl/N-ethyl adjacent to an activating group) is 1. The smallest absolute Gasteiger partial charge is 0.500 e. The minimum Gasteiger partial charge on any atom is -1.00 e. The summed E-state index contributed by atoms with van der Waals surface area (Å²) >= 11 is 17.1. The van der Waals surface area contributed by atoms with Crippen LogP contribution in [0.4, 0.5) is 0 Å². The van der Waals surface area contributed by atoms with Gasteiger partial charge < -0.3 is 49.1 Å². The van der Waals surface area contributed by atoms with E-state index in [0.717, 1.165) is 30.0 Å². The van der Waals surface area contributed by atoms with Gasteiger partial charge in [-0.1, -0.05) is 26.7 Å². The molecule has 50 heavy (non-hydrogen) atoms. The van der Waals surface area contributed by atoms with E-state index in [1.165, 1.54) is 20.8 Å². The minimum absolute atomic E-state index is 0. The topological polar surface area (TPSA) is 150 Å². The van der Waals surface area contributed by atoms with Crippen LogP contribution in [0.1, 0.15) is 60.8 Å². The highest BCUT2D eigenvalue weighted by Crippen LogP contribution is 2.28. The number of ether oxygens (including phenoxy) is 4. The molecule has 0 rings (SSSR count). The monoisotopic (exact) mass is 829 g/mol. The van der Waals surface area contributed by atoms with Gasteiger partial charge in [0.15, 0.2) is 0 Å². The molecule has 0 aliphatic rings. The van der Waals surface area contributed by atoms with Crippen molar-refractivity contribution in [3.8, 4) is 0 Å². The average molecular weight is 832 g/mol. The van der Waals surface area contributed by atoms with E-state index < -0.39 is 44.7 Å². The lowest BCUT2D eigenvalue weighted by Crippen LogP contribution is -3.00. The van der Waals surface area contributed by atoms with Crippen LogP contribution in [0, 0.1) is 0 Å². The van der Waals surface area contributed by atoms with Crippen LogP contribution >= 0.6 is 33.2 Å². The molecule has 0 radical (unpaired) electrons. The van der Waals surface area contributed by atoms with E-state index in [1.54, 1.807) is 42.1 Å². The van der Waals surface area contributed by atoms with Crippen molar-refractivity contribution in [2.24, 2.45) is 0 Å². The van der Waals surface area contributed by atoms with E-state index in [0.29, 0.717) is 24.2 Å². The SMILES string of the molecule is C=C(C)C(=O)OC(C)OC(=O)CC(C)=O.C=C(C)C(=O)OC(CC)[Si](Cl)(Cl)Cl.C=C(C)C(=O)OCC[N+](C)(C)CCC[Si](OC)(OC)OC.[Cl-]. The molecule has 0 saturated carbocycles. The van der Waals surface area contributed by atoms with Gasteiger partial charge in [0.1, 0.15) is 31.1 Å². The van der Waals surface area contributed by atoms with E-state index in [9.17, 15) is 24.0 Å². The number of rotatable bonds is 20. The summed E-state index contributed by atoms with van der Waals surface area (Å²) in [6.07, 6.45) is 0.0842. The molecule has 0 aromatic rings. The maximum atomic E-state index is 11.3. The first-order chi connectivity index (χ1) is 22.3. The van der Waals surface area contributed by atoms with Crippen molar-refractivity contribution in [1.29, 1.82) is 0 Å². The number of hydrogen-bond acceptors (Lipinski definition) is 12. The van der Waals surface area contributed by atoms with Crippen molar-refractivity contribution in [2.75, 3.05) is 55.1 Å². The van der Waals surface area contributed by atoms with E-state index in [4.69, 9.17) is 56.0 Å². The normalized spacial score (nSPS) is 12.1. The summed E-state index contributed by atoms with van der Waals surface area (Å²) in [5.41, 5.74) is 0.351. The van der Waals surface area contributed by atoms with Gasteiger partial charge in [0.25, 0.3) is 0 Å². The van der Waals surface area contributed by atoms with Gasteiger partial charge in [-0.15, -0.1) is 33.2 Å². The van der Waals surface area contributed by atoms with E-state index >= 15 is 0 Å². The molecule has 0 aliphatic carbocycles. The van der Waals surface area contributed by atoms with Gasteiger partial charge in [0.2, 0.25) is 6.29 Å². The van der Waals surface area contributed by atoms with Crippen molar-refractivity contribution in [3.63, 3.8) is 0 Å². The molecule has 2 unspecified atom stereocenters. The minimum atomic E-state index is -2.96. The third kappa shape index (κ3) is 27.9. The van der Waals surface area contributed by atoms with Crippen LogP contribution in [-0.4, -0.2) is 116 Å². The Morgan fingerprint density at radius 3 is 1.54 bits per heavy atom. The molecule has 0 bridgehead atoms. The molecule has 0 aromatic carbocycles. The largest absolute Gasteiger partial charge is 1.00 e. The molecule has 0 N–H and O–H groups in total. The molecular weight excluding hydrogens is 776 g/mol. The summed E-state index contributed by atoms with van der Waals surface area (Å²) in [5.74, 6) is -2.51. The lowest BCUT2D eigenvalue weighted by Gasteiger charge is -2.31. The van der Waals surface area contributed by atoms with Crippen LogP contribution < -0.4 is 12.4 Å². The number of carbonyl (C=O) groups excluding carboxylic acids is 5. The second-order valence-electron chi connectivity index (χ2n) is 11.4. The quantitative estimate of drug-likeness (QED) is 0.0260. The summed E-state index contributed by atoms with van der Waals surface area (Å²) in [6, 6.07) is -2.20. The Labute approximate surface area is 320 Å². The highest BCUT2D eigenvalue weighted by molar-refractivity contribution is 7.65. The molecule has 0 spiro atoms. The van der Waals surface area contributed by atoms with Gasteiger partial charge in [-0.3, -0.25) is 9.59 Å². The molecule has 0 saturated heterocycles. The zero-order valence-electron chi connectivity index (χ0n) is 31.1. The van der Waals surface area contributed by atoms with E-state index in [1.807, 2.05) is 0 Å². The molecule has 13 nitrogen and oxygen atoms in total. The van der Waals surface area contributed by atoms with Crippen molar-refractivity contribution < 1.29 is 73.1 Å². The van der Waals surface area contributed by atoms with Gasteiger partial charge in [-0.2, -0.15) is 0 Å². The number of esters is 4. The van der Waals surface area contributed by atoms with Crippen LogP contribution in [-0.2, 0) is 56.2 Å². The highest BCUT2D eigenvalue weighted by atomic mass is 35.8. The lowest BCUT2D eigenvalue weighted by molar-refractivity contribution is -0.890. The Bertz CT molecular complexity index is 1120. The number of halogens is 4. The molecule has 0 aliphatic heterocycles. The molecule has 0 aromatic heterocycles. The Hall–Kier alpha value is -1.80. The fraction of sp³-hybridized carbons (Fsp3) is 0.645. The standard InChI is InChI=1S/C14H30NO5Si.C10H14O5.C7H11Cl3O2Si.ClH/c1-13(2)14(16)20-11-10-15(3,4)9-8-12-21(17-5,18-6)19-7;1-6(2)10(13)15-8(4)14-9(12)5-7(3)11;1-4-6(13(8,9)10)12-7(11)5(2)3;/h1,8-12H2,2-7H3;8H,1,5H2,2-4H3;6H,2,4H2,1,3H3;1H/q+1;;;/p-1. The molecular formula is C31H55Cl4NO12Si2. The van der Waals surface area contributed by atoms with Crippen LogP contribution in [0.3, 0.4) is 0 Å². The lowest BCUT2D eigenvalue weighted by atomic mass is 10.3. The maximum absolute atomic E-state index is 11.3. The number of ketones is 1. The Morgan fingerprint density at radius 1 is 0.740 bits per heavy atom. The summed E-state index contributed by atoms with van der Waals surface area (Å²) in [6.45, 7) is 21.6. The van der Waals surface area contributed by atoms with Gasteiger partial charge in [-0.25, -0.2) is 14.4 Å². The number of nitrogens with zero attached hydrogens (tertiary/aromatic N) is 1. The maximum Gasteiger partial charge on any atom is 0.500 e. The molecule has 0 heterocycles. The summed E-state index contributed by atoms with van der Waals surface area (Å²) in [7, 11) is 6.58. The van der Waals surface area contributed by atoms with Crippen LogP contribution in [0.5, 0.6) is 0 Å². The summed E-state index contributed by atoms with van der Waals surface area (Å²) in [5, 5.41) is 0. The van der Waals surface area contributed by atoms with Gasteiger partial charge >= 0.3 is 38.7 Å². The molecule has 19 heteroatoms. The number of hydrogen-bond donors (Lipinski definition) is 0.